The molecule has 0 saturated carbocycles. The van der Waals surface area contributed by atoms with Crippen LogP contribution in [0.3, 0.4) is 0 Å². The molecular formula is C26H26N4O2S. The minimum absolute atomic E-state index is 0.354. The van der Waals surface area contributed by atoms with E-state index in [2.05, 4.69) is 46.3 Å². The molecule has 0 bridgehead atoms. The van der Waals surface area contributed by atoms with Crippen LogP contribution in [0.25, 0.3) is 22.0 Å². The van der Waals surface area contributed by atoms with E-state index in [9.17, 15) is 8.42 Å². The zero-order valence-electron chi connectivity index (χ0n) is 18.6. The van der Waals surface area contributed by atoms with E-state index in [4.69, 9.17) is 0 Å². The molecule has 33 heavy (non-hydrogen) atoms. The lowest BCUT2D eigenvalue weighted by Crippen LogP contribution is -2.49. The standard InChI is InChI=1S/C26H26N4O2S/c1-2-20-10-12-22(13-11-20)33(31,32)30-18-16-29(17-19-30)26-15-14-25(27-28-26)24-9-5-7-21-6-3-4-8-23(21)24/h3-15H,2,16-19H2,1H3. The SMILES string of the molecule is CCc1ccc(S(=O)(=O)N2CCN(c3ccc(-c4cccc5ccccc45)nn3)CC2)cc1. The van der Waals surface area contributed by atoms with Gasteiger partial charge in [-0.15, -0.1) is 10.2 Å². The van der Waals surface area contributed by atoms with Crippen LogP contribution in [0, 0.1) is 0 Å². The van der Waals surface area contributed by atoms with Gasteiger partial charge in [0.05, 0.1) is 10.6 Å². The van der Waals surface area contributed by atoms with Gasteiger partial charge in [-0.1, -0.05) is 61.5 Å². The fourth-order valence-electron chi connectivity index (χ4n) is 4.29. The molecule has 6 nitrogen and oxygen atoms in total. The summed E-state index contributed by atoms with van der Waals surface area (Å²) >= 11 is 0. The van der Waals surface area contributed by atoms with Crippen molar-refractivity contribution in [2.45, 2.75) is 18.2 Å². The van der Waals surface area contributed by atoms with Gasteiger partial charge < -0.3 is 4.90 Å². The number of aryl methyl sites for hydroxylation is 1. The Bertz CT molecular complexity index is 1360. The van der Waals surface area contributed by atoms with Crippen molar-refractivity contribution in [2.24, 2.45) is 0 Å². The topological polar surface area (TPSA) is 66.4 Å². The Labute approximate surface area is 194 Å². The minimum atomic E-state index is -3.49. The van der Waals surface area contributed by atoms with E-state index in [0.717, 1.165) is 34.4 Å². The molecule has 0 radical (unpaired) electrons. The number of aromatic nitrogens is 2. The monoisotopic (exact) mass is 458 g/mol. The second-order valence-electron chi connectivity index (χ2n) is 8.19. The summed E-state index contributed by atoms with van der Waals surface area (Å²) in [7, 11) is -3.49. The Morgan fingerprint density at radius 2 is 1.52 bits per heavy atom. The molecule has 0 amide bonds. The van der Waals surface area contributed by atoms with Crippen molar-refractivity contribution >= 4 is 26.6 Å². The summed E-state index contributed by atoms with van der Waals surface area (Å²) in [6.45, 7) is 4.05. The largest absolute Gasteiger partial charge is 0.352 e. The van der Waals surface area contributed by atoms with Gasteiger partial charge in [0.15, 0.2) is 5.82 Å². The molecule has 1 fully saturated rings. The molecule has 1 aliphatic rings. The quantitative estimate of drug-likeness (QED) is 0.444. The summed E-state index contributed by atoms with van der Waals surface area (Å²) < 4.78 is 27.6. The van der Waals surface area contributed by atoms with E-state index < -0.39 is 10.0 Å². The molecule has 1 aliphatic heterocycles. The molecular weight excluding hydrogens is 432 g/mol. The fourth-order valence-corrected chi connectivity index (χ4v) is 5.71. The van der Waals surface area contributed by atoms with Gasteiger partial charge in [0.1, 0.15) is 0 Å². The van der Waals surface area contributed by atoms with Gasteiger partial charge in [0.2, 0.25) is 10.0 Å². The number of nitrogens with zero attached hydrogens (tertiary/aromatic N) is 4. The van der Waals surface area contributed by atoms with E-state index in [1.807, 2.05) is 42.5 Å². The third kappa shape index (κ3) is 4.21. The fraction of sp³-hybridized carbons (Fsp3) is 0.231. The first-order valence-electron chi connectivity index (χ1n) is 11.2. The van der Waals surface area contributed by atoms with Gasteiger partial charge in [0, 0.05) is 31.7 Å². The maximum absolute atomic E-state index is 13.0. The number of hydrogen-bond donors (Lipinski definition) is 0. The zero-order chi connectivity index (χ0) is 22.8. The Morgan fingerprint density at radius 3 is 2.21 bits per heavy atom. The van der Waals surface area contributed by atoms with Crippen molar-refractivity contribution in [3.05, 3.63) is 84.4 Å². The second-order valence-corrected chi connectivity index (χ2v) is 10.1. The lowest BCUT2D eigenvalue weighted by Gasteiger charge is -2.34. The van der Waals surface area contributed by atoms with Crippen LogP contribution in [0.2, 0.25) is 0 Å². The molecule has 0 aliphatic carbocycles. The number of fused-ring (bicyclic) bond motifs is 1. The van der Waals surface area contributed by atoms with Crippen LogP contribution in [0.1, 0.15) is 12.5 Å². The summed E-state index contributed by atoms with van der Waals surface area (Å²) in [5, 5.41) is 11.3. The highest BCUT2D eigenvalue weighted by atomic mass is 32.2. The molecule has 2 heterocycles. The lowest BCUT2D eigenvalue weighted by molar-refractivity contribution is 0.383. The highest BCUT2D eigenvalue weighted by Crippen LogP contribution is 2.28. The zero-order valence-corrected chi connectivity index (χ0v) is 19.4. The summed E-state index contributed by atoms with van der Waals surface area (Å²) in [5.41, 5.74) is 3.01. The van der Waals surface area contributed by atoms with Crippen LogP contribution in [0.5, 0.6) is 0 Å². The second kappa shape index (κ2) is 8.92. The molecule has 5 rings (SSSR count). The third-order valence-electron chi connectivity index (χ3n) is 6.25. The van der Waals surface area contributed by atoms with Crippen molar-refractivity contribution in [3.63, 3.8) is 0 Å². The summed E-state index contributed by atoms with van der Waals surface area (Å²) in [5.74, 6) is 0.767. The Kier molecular flexibility index (Phi) is 5.83. The molecule has 4 aromatic rings. The number of piperazine rings is 1. The van der Waals surface area contributed by atoms with Crippen molar-refractivity contribution < 1.29 is 8.42 Å². The predicted molar refractivity (Wildman–Crippen MR) is 132 cm³/mol. The number of hydrogen-bond acceptors (Lipinski definition) is 5. The maximum atomic E-state index is 13.0. The van der Waals surface area contributed by atoms with Crippen LogP contribution in [0.4, 0.5) is 5.82 Å². The van der Waals surface area contributed by atoms with Gasteiger partial charge in [-0.2, -0.15) is 4.31 Å². The van der Waals surface area contributed by atoms with E-state index in [0.29, 0.717) is 31.1 Å². The summed E-state index contributed by atoms with van der Waals surface area (Å²) in [6.07, 6.45) is 0.888. The number of anilines is 1. The van der Waals surface area contributed by atoms with Gasteiger partial charge in [-0.25, -0.2) is 8.42 Å². The Hall–Kier alpha value is -3.29. The highest BCUT2D eigenvalue weighted by Gasteiger charge is 2.29. The summed E-state index contributed by atoms with van der Waals surface area (Å²) in [6, 6.07) is 25.6. The maximum Gasteiger partial charge on any atom is 0.243 e. The Morgan fingerprint density at radius 1 is 0.788 bits per heavy atom. The molecule has 0 N–H and O–H groups in total. The molecule has 7 heteroatoms. The summed E-state index contributed by atoms with van der Waals surface area (Å²) in [4.78, 5) is 2.44. The minimum Gasteiger partial charge on any atom is -0.352 e. The molecule has 1 saturated heterocycles. The molecule has 1 aromatic heterocycles. The van der Waals surface area contributed by atoms with Crippen LogP contribution >= 0.6 is 0 Å². The number of rotatable bonds is 5. The van der Waals surface area contributed by atoms with Crippen molar-refractivity contribution in [1.82, 2.24) is 14.5 Å². The first kappa shape index (κ1) is 21.6. The molecule has 168 valence electrons. The lowest BCUT2D eigenvalue weighted by atomic mass is 10.0. The first-order chi connectivity index (χ1) is 16.1. The average Bonchev–Trinajstić information content (AvgIpc) is 2.88. The van der Waals surface area contributed by atoms with Crippen LogP contribution < -0.4 is 4.90 Å². The van der Waals surface area contributed by atoms with Crippen LogP contribution in [-0.2, 0) is 16.4 Å². The smallest absolute Gasteiger partial charge is 0.243 e. The third-order valence-corrected chi connectivity index (χ3v) is 8.16. The molecule has 3 aromatic carbocycles. The first-order valence-corrected chi connectivity index (χ1v) is 12.7. The van der Waals surface area contributed by atoms with Crippen molar-refractivity contribution in [2.75, 3.05) is 31.1 Å². The van der Waals surface area contributed by atoms with Gasteiger partial charge in [0.25, 0.3) is 0 Å². The van der Waals surface area contributed by atoms with Gasteiger partial charge >= 0.3 is 0 Å². The average molecular weight is 459 g/mol. The van der Waals surface area contributed by atoms with Crippen LogP contribution in [-0.4, -0.2) is 49.1 Å². The van der Waals surface area contributed by atoms with E-state index >= 15 is 0 Å². The van der Waals surface area contributed by atoms with E-state index in [1.54, 1.807) is 16.4 Å². The highest BCUT2D eigenvalue weighted by molar-refractivity contribution is 7.89. The number of sulfonamides is 1. The van der Waals surface area contributed by atoms with Crippen molar-refractivity contribution in [1.29, 1.82) is 0 Å². The molecule has 0 atom stereocenters. The molecule has 0 spiro atoms. The van der Waals surface area contributed by atoms with Gasteiger partial charge in [-0.05, 0) is 47.0 Å². The van der Waals surface area contributed by atoms with Crippen LogP contribution in [0.15, 0.2) is 83.8 Å². The van der Waals surface area contributed by atoms with Crippen molar-refractivity contribution in [3.8, 4) is 11.3 Å². The normalized spacial score (nSPS) is 15.1. The predicted octanol–water partition coefficient (Wildman–Crippen LogP) is 4.37. The Balaban J connectivity index is 1.29. The van der Waals surface area contributed by atoms with E-state index in [1.165, 1.54) is 5.39 Å². The number of benzene rings is 3. The van der Waals surface area contributed by atoms with Gasteiger partial charge in [-0.3, -0.25) is 0 Å². The molecule has 0 unspecified atom stereocenters. The van der Waals surface area contributed by atoms with E-state index in [-0.39, 0.29) is 0 Å².